The Hall–Kier alpha value is -2.94. The van der Waals surface area contributed by atoms with Crippen LogP contribution >= 0.6 is 0 Å². The number of carbonyl (C=O) groups is 1. The van der Waals surface area contributed by atoms with E-state index in [0.717, 1.165) is 24.0 Å². The number of allylic oxidation sites excluding steroid dienone is 1. The summed E-state index contributed by atoms with van der Waals surface area (Å²) in [6, 6.07) is 18.7. The van der Waals surface area contributed by atoms with E-state index >= 15 is 0 Å². The predicted octanol–water partition coefficient (Wildman–Crippen LogP) is 5.31. The van der Waals surface area contributed by atoms with Crippen molar-refractivity contribution in [3.8, 4) is 0 Å². The molecule has 0 aliphatic heterocycles. The van der Waals surface area contributed by atoms with Crippen molar-refractivity contribution in [3.63, 3.8) is 0 Å². The summed E-state index contributed by atoms with van der Waals surface area (Å²) in [5, 5.41) is 11.2. The summed E-state index contributed by atoms with van der Waals surface area (Å²) in [5.41, 5.74) is 3.42. The average Bonchev–Trinajstić information content (AvgIpc) is 2.65. The van der Waals surface area contributed by atoms with Crippen molar-refractivity contribution in [2.24, 2.45) is 0 Å². The van der Waals surface area contributed by atoms with Crippen molar-refractivity contribution in [1.82, 2.24) is 4.98 Å². The molecule has 0 saturated heterocycles. The predicted molar refractivity (Wildman–Crippen MR) is 101 cm³/mol. The normalized spacial score (nSPS) is 11.6. The highest BCUT2D eigenvalue weighted by molar-refractivity contribution is 5.97. The van der Waals surface area contributed by atoms with Gasteiger partial charge in [-0.25, -0.2) is 0 Å². The molecule has 0 spiro atoms. The fourth-order valence-electron chi connectivity index (χ4n) is 3.03. The van der Waals surface area contributed by atoms with E-state index in [0.29, 0.717) is 6.42 Å². The molecule has 0 unspecified atom stereocenters. The number of unbranched alkanes of at least 4 members (excludes halogenated alkanes) is 2. The molecular formula is C22H21NO2. The lowest BCUT2D eigenvalue weighted by molar-refractivity contribution is -0.137. The van der Waals surface area contributed by atoms with Gasteiger partial charge in [-0.3, -0.25) is 9.78 Å². The lowest BCUT2D eigenvalue weighted by atomic mass is 9.93. The van der Waals surface area contributed by atoms with Crippen molar-refractivity contribution in [2.45, 2.75) is 25.7 Å². The van der Waals surface area contributed by atoms with Crippen LogP contribution in [0.5, 0.6) is 0 Å². The van der Waals surface area contributed by atoms with E-state index in [4.69, 9.17) is 5.11 Å². The number of rotatable bonds is 7. The topological polar surface area (TPSA) is 50.2 Å². The number of hydrogen-bond donors (Lipinski definition) is 1. The van der Waals surface area contributed by atoms with Gasteiger partial charge >= 0.3 is 5.97 Å². The Bertz CT molecular complexity index is 879. The number of carboxylic acids is 1. The minimum absolute atomic E-state index is 0.227. The Morgan fingerprint density at radius 2 is 1.84 bits per heavy atom. The fourth-order valence-corrected chi connectivity index (χ4v) is 3.03. The van der Waals surface area contributed by atoms with Crippen LogP contribution in [0.25, 0.3) is 16.3 Å². The van der Waals surface area contributed by atoms with Gasteiger partial charge in [-0.1, -0.05) is 54.6 Å². The lowest BCUT2D eigenvalue weighted by Gasteiger charge is -2.12. The van der Waals surface area contributed by atoms with Crippen LogP contribution in [0.1, 0.15) is 36.8 Å². The van der Waals surface area contributed by atoms with Gasteiger partial charge in [-0.2, -0.15) is 0 Å². The minimum atomic E-state index is -0.731. The Kier molecular flexibility index (Phi) is 5.57. The van der Waals surface area contributed by atoms with Crippen LogP contribution < -0.4 is 0 Å². The molecule has 0 atom stereocenters. The molecule has 0 amide bonds. The molecule has 126 valence electrons. The number of nitrogens with zero attached hydrogens (tertiary/aromatic N) is 1. The maximum Gasteiger partial charge on any atom is 0.303 e. The van der Waals surface area contributed by atoms with Crippen molar-refractivity contribution in [2.75, 3.05) is 0 Å². The van der Waals surface area contributed by atoms with Crippen molar-refractivity contribution < 1.29 is 9.90 Å². The minimum Gasteiger partial charge on any atom is -0.481 e. The van der Waals surface area contributed by atoms with E-state index in [1.165, 1.54) is 16.3 Å². The summed E-state index contributed by atoms with van der Waals surface area (Å²) < 4.78 is 0. The van der Waals surface area contributed by atoms with E-state index in [1.807, 2.05) is 18.3 Å². The Balaban J connectivity index is 1.95. The monoisotopic (exact) mass is 331 g/mol. The number of carboxylic acid groups (broad SMARTS) is 1. The van der Waals surface area contributed by atoms with Gasteiger partial charge in [-0.15, -0.1) is 0 Å². The molecule has 0 aliphatic carbocycles. The van der Waals surface area contributed by atoms with Gasteiger partial charge in [0.15, 0.2) is 0 Å². The Morgan fingerprint density at radius 3 is 2.64 bits per heavy atom. The number of aliphatic carboxylic acids is 1. The number of benzene rings is 2. The van der Waals surface area contributed by atoms with Crippen molar-refractivity contribution in [3.05, 3.63) is 84.2 Å². The maximum absolute atomic E-state index is 10.7. The molecule has 1 aromatic heterocycles. The van der Waals surface area contributed by atoms with E-state index in [2.05, 4.69) is 53.5 Å². The molecule has 0 aliphatic rings. The first-order valence-electron chi connectivity index (χ1n) is 8.56. The molecule has 3 heteroatoms. The molecule has 0 radical (unpaired) electrons. The third-order valence-electron chi connectivity index (χ3n) is 4.25. The van der Waals surface area contributed by atoms with E-state index in [-0.39, 0.29) is 6.42 Å². The van der Waals surface area contributed by atoms with Crippen LogP contribution in [-0.4, -0.2) is 16.1 Å². The second-order valence-electron chi connectivity index (χ2n) is 6.03. The van der Waals surface area contributed by atoms with Gasteiger partial charge in [0.05, 0.1) is 0 Å². The van der Waals surface area contributed by atoms with E-state index < -0.39 is 5.97 Å². The molecule has 25 heavy (non-hydrogen) atoms. The van der Waals surface area contributed by atoms with Crippen LogP contribution in [0.15, 0.2) is 73.1 Å². The lowest BCUT2D eigenvalue weighted by Crippen LogP contribution is -1.94. The zero-order chi connectivity index (χ0) is 17.5. The summed E-state index contributed by atoms with van der Waals surface area (Å²) in [7, 11) is 0. The molecule has 2 aromatic carbocycles. The second-order valence-corrected chi connectivity index (χ2v) is 6.03. The summed E-state index contributed by atoms with van der Waals surface area (Å²) in [6.45, 7) is 0. The molecule has 0 fully saturated rings. The van der Waals surface area contributed by atoms with Gasteiger partial charge in [0.2, 0.25) is 0 Å². The highest BCUT2D eigenvalue weighted by Crippen LogP contribution is 2.30. The zero-order valence-electron chi connectivity index (χ0n) is 14.1. The standard InChI is InChI=1S/C22H21NO2/c24-22(25)14-3-1-2-11-20(18-10-7-15-23-16-18)21-13-6-9-17-8-4-5-12-19(17)21/h4-13,15-16H,1-3,14H2,(H,24,25). The summed E-state index contributed by atoms with van der Waals surface area (Å²) >= 11 is 0. The van der Waals surface area contributed by atoms with Crippen LogP contribution in [0.4, 0.5) is 0 Å². The van der Waals surface area contributed by atoms with Crippen molar-refractivity contribution >= 4 is 22.3 Å². The van der Waals surface area contributed by atoms with Crippen LogP contribution in [0.2, 0.25) is 0 Å². The molecule has 0 bridgehead atoms. The first-order valence-corrected chi connectivity index (χ1v) is 8.56. The summed E-state index contributed by atoms with van der Waals surface area (Å²) in [6.07, 6.45) is 8.50. The third kappa shape index (κ3) is 4.32. The first-order chi connectivity index (χ1) is 12.3. The number of aromatic nitrogens is 1. The summed E-state index contributed by atoms with van der Waals surface area (Å²) in [4.78, 5) is 14.9. The fraction of sp³-hybridized carbons (Fsp3) is 0.182. The second kappa shape index (κ2) is 8.25. The molecular weight excluding hydrogens is 310 g/mol. The molecule has 0 saturated carbocycles. The van der Waals surface area contributed by atoms with Gasteiger partial charge in [0, 0.05) is 24.4 Å². The Morgan fingerprint density at radius 1 is 1.00 bits per heavy atom. The van der Waals surface area contributed by atoms with Gasteiger partial charge in [0.1, 0.15) is 0 Å². The number of pyridine rings is 1. The number of hydrogen-bond acceptors (Lipinski definition) is 2. The molecule has 3 aromatic rings. The van der Waals surface area contributed by atoms with Gasteiger partial charge in [0.25, 0.3) is 0 Å². The van der Waals surface area contributed by atoms with E-state index in [9.17, 15) is 4.79 Å². The zero-order valence-corrected chi connectivity index (χ0v) is 14.1. The third-order valence-corrected chi connectivity index (χ3v) is 4.25. The first kappa shape index (κ1) is 16.9. The molecule has 3 nitrogen and oxygen atoms in total. The number of fused-ring (bicyclic) bond motifs is 1. The molecule has 3 rings (SSSR count). The van der Waals surface area contributed by atoms with Crippen LogP contribution in [0.3, 0.4) is 0 Å². The van der Waals surface area contributed by atoms with Crippen molar-refractivity contribution in [1.29, 1.82) is 0 Å². The molecule has 1 heterocycles. The quantitative estimate of drug-likeness (QED) is 0.597. The largest absolute Gasteiger partial charge is 0.481 e. The van der Waals surface area contributed by atoms with Crippen LogP contribution in [0, 0.1) is 0 Å². The highest BCUT2D eigenvalue weighted by Gasteiger charge is 2.09. The highest BCUT2D eigenvalue weighted by atomic mass is 16.4. The average molecular weight is 331 g/mol. The molecule has 1 N–H and O–H groups in total. The maximum atomic E-state index is 10.7. The van der Waals surface area contributed by atoms with E-state index in [1.54, 1.807) is 6.20 Å². The summed E-state index contributed by atoms with van der Waals surface area (Å²) in [5.74, 6) is -0.731. The Labute approximate surface area is 147 Å². The van der Waals surface area contributed by atoms with Gasteiger partial charge in [-0.05, 0) is 47.2 Å². The van der Waals surface area contributed by atoms with Gasteiger partial charge < -0.3 is 5.11 Å². The van der Waals surface area contributed by atoms with Crippen LogP contribution in [-0.2, 0) is 4.79 Å². The smallest absolute Gasteiger partial charge is 0.303 e. The SMILES string of the molecule is O=C(O)CCCCC=C(c1cccnc1)c1cccc2ccccc12.